The van der Waals surface area contributed by atoms with Crippen molar-refractivity contribution in [3.8, 4) is 5.75 Å². The first-order valence-electron chi connectivity index (χ1n) is 6.71. The minimum absolute atomic E-state index is 0.238. The molecule has 1 heterocycles. The second-order valence-corrected chi connectivity index (χ2v) is 4.86. The van der Waals surface area contributed by atoms with Crippen molar-refractivity contribution in [3.63, 3.8) is 0 Å². The van der Waals surface area contributed by atoms with Gasteiger partial charge in [-0.2, -0.15) is 13.2 Å². The van der Waals surface area contributed by atoms with E-state index in [1.54, 1.807) is 18.5 Å². The minimum atomic E-state index is -4.18. The topological polar surface area (TPSA) is 37.9 Å². The maximum absolute atomic E-state index is 12.2. The number of imidazole rings is 1. The van der Waals surface area contributed by atoms with Crippen LogP contribution in [0.3, 0.4) is 0 Å². The van der Waals surface area contributed by atoms with E-state index in [0.717, 1.165) is 24.2 Å². The molecule has 0 atom stereocenters. The van der Waals surface area contributed by atoms with E-state index in [1.165, 1.54) is 12.1 Å². The van der Waals surface area contributed by atoms with Crippen LogP contribution in [-0.2, 0) is 12.8 Å². The van der Waals surface area contributed by atoms with Crippen LogP contribution in [0, 0.1) is 6.92 Å². The van der Waals surface area contributed by atoms with Crippen molar-refractivity contribution in [2.24, 2.45) is 0 Å². The van der Waals surface area contributed by atoms with E-state index in [-0.39, 0.29) is 5.56 Å². The lowest BCUT2D eigenvalue weighted by Gasteiger charge is -2.08. The zero-order valence-electron chi connectivity index (χ0n) is 11.7. The molecule has 114 valence electrons. The van der Waals surface area contributed by atoms with Crippen molar-refractivity contribution in [1.29, 1.82) is 0 Å². The van der Waals surface area contributed by atoms with Crippen LogP contribution in [0.4, 0.5) is 13.2 Å². The zero-order chi connectivity index (χ0) is 15.3. The van der Waals surface area contributed by atoms with Crippen LogP contribution in [0.15, 0.2) is 30.6 Å². The molecule has 0 spiro atoms. The predicted molar refractivity (Wildman–Crippen MR) is 73.3 cm³/mol. The Hall–Kier alpha value is -1.98. The monoisotopic (exact) mass is 298 g/mol. The van der Waals surface area contributed by atoms with Gasteiger partial charge < -0.3 is 9.72 Å². The molecule has 0 aliphatic rings. The molecule has 0 unspecified atom stereocenters. The van der Waals surface area contributed by atoms with Crippen molar-refractivity contribution in [2.75, 3.05) is 6.61 Å². The number of hydrogen-bond donors (Lipinski definition) is 1. The molecule has 0 amide bonds. The summed E-state index contributed by atoms with van der Waals surface area (Å²) < 4.78 is 42.2. The number of aromatic nitrogens is 2. The average molecular weight is 298 g/mol. The molecule has 2 rings (SSSR count). The van der Waals surface area contributed by atoms with Gasteiger partial charge in [-0.3, -0.25) is 0 Å². The normalized spacial score (nSPS) is 11.6. The second kappa shape index (κ2) is 6.65. The van der Waals surface area contributed by atoms with Crippen LogP contribution in [0.2, 0.25) is 0 Å². The van der Waals surface area contributed by atoms with E-state index < -0.39 is 12.6 Å². The largest absolute Gasteiger partial charge is 0.494 e. The SMILES string of the molecule is Cc1[nH]cnc1CCCOc1ccc(CC(F)(F)F)cc1. The van der Waals surface area contributed by atoms with Gasteiger partial charge in [0.05, 0.1) is 25.0 Å². The van der Waals surface area contributed by atoms with Crippen LogP contribution in [0.25, 0.3) is 0 Å². The Labute approximate surface area is 121 Å². The Kier molecular flexibility index (Phi) is 4.88. The number of hydrogen-bond acceptors (Lipinski definition) is 2. The van der Waals surface area contributed by atoms with Crippen LogP contribution >= 0.6 is 0 Å². The number of aromatic amines is 1. The molecule has 0 aliphatic heterocycles. The van der Waals surface area contributed by atoms with Gasteiger partial charge in [0.15, 0.2) is 0 Å². The van der Waals surface area contributed by atoms with Gasteiger partial charge in [0.25, 0.3) is 0 Å². The van der Waals surface area contributed by atoms with Crippen molar-refractivity contribution < 1.29 is 17.9 Å². The molecule has 21 heavy (non-hydrogen) atoms. The van der Waals surface area contributed by atoms with E-state index in [2.05, 4.69) is 9.97 Å². The van der Waals surface area contributed by atoms with Gasteiger partial charge in [0.1, 0.15) is 5.75 Å². The van der Waals surface area contributed by atoms with Crippen LogP contribution in [-0.4, -0.2) is 22.8 Å². The number of rotatable bonds is 6. The molecule has 0 saturated heterocycles. The van der Waals surface area contributed by atoms with Gasteiger partial charge in [-0.25, -0.2) is 4.98 Å². The van der Waals surface area contributed by atoms with Gasteiger partial charge >= 0.3 is 6.18 Å². The fraction of sp³-hybridized carbons (Fsp3) is 0.400. The highest BCUT2D eigenvalue weighted by Crippen LogP contribution is 2.22. The molecule has 0 saturated carbocycles. The standard InChI is InChI=1S/C15H17F3N2O/c1-11-14(20-10-19-11)3-2-8-21-13-6-4-12(5-7-13)9-15(16,17)18/h4-7,10H,2-3,8-9H2,1H3,(H,19,20). The highest BCUT2D eigenvalue weighted by molar-refractivity contribution is 5.27. The molecular weight excluding hydrogens is 281 g/mol. The molecule has 6 heteroatoms. The summed E-state index contributed by atoms with van der Waals surface area (Å²) in [5.41, 5.74) is 2.30. The quantitative estimate of drug-likeness (QED) is 0.823. The summed E-state index contributed by atoms with van der Waals surface area (Å²) in [6.07, 6.45) is -1.82. The molecule has 0 aliphatic carbocycles. The molecular formula is C15H17F3N2O. The molecule has 1 aromatic heterocycles. The first-order chi connectivity index (χ1) is 9.94. The maximum atomic E-state index is 12.2. The van der Waals surface area contributed by atoms with Crippen LogP contribution < -0.4 is 4.74 Å². The van der Waals surface area contributed by atoms with Gasteiger partial charge in [-0.05, 0) is 37.5 Å². The van der Waals surface area contributed by atoms with Gasteiger partial charge in [0.2, 0.25) is 0 Å². The number of ether oxygens (including phenoxy) is 1. The Morgan fingerprint density at radius 1 is 1.19 bits per heavy atom. The number of alkyl halides is 3. The molecule has 0 bridgehead atoms. The fourth-order valence-electron chi connectivity index (χ4n) is 2.00. The van der Waals surface area contributed by atoms with Crippen molar-refractivity contribution in [1.82, 2.24) is 9.97 Å². The third-order valence-electron chi connectivity index (χ3n) is 3.09. The summed E-state index contributed by atoms with van der Waals surface area (Å²) in [4.78, 5) is 7.20. The zero-order valence-corrected chi connectivity index (χ0v) is 11.7. The summed E-state index contributed by atoms with van der Waals surface area (Å²) in [6.45, 7) is 2.47. The lowest BCUT2D eigenvalue weighted by atomic mass is 10.1. The second-order valence-electron chi connectivity index (χ2n) is 4.86. The Morgan fingerprint density at radius 3 is 2.48 bits per heavy atom. The smallest absolute Gasteiger partial charge is 0.393 e. The first kappa shape index (κ1) is 15.4. The molecule has 1 aromatic carbocycles. The molecule has 1 N–H and O–H groups in total. The number of nitrogens with one attached hydrogen (secondary N) is 1. The summed E-state index contributed by atoms with van der Waals surface area (Å²) in [6, 6.07) is 6.03. The fourth-order valence-corrected chi connectivity index (χ4v) is 2.00. The Balaban J connectivity index is 1.75. The Bertz CT molecular complexity index is 561. The number of nitrogens with zero attached hydrogens (tertiary/aromatic N) is 1. The van der Waals surface area contributed by atoms with E-state index in [4.69, 9.17) is 4.74 Å². The van der Waals surface area contributed by atoms with Crippen LogP contribution in [0.5, 0.6) is 5.75 Å². The predicted octanol–water partition coefficient (Wildman–Crippen LogP) is 3.83. The summed E-state index contributed by atoms with van der Waals surface area (Å²) in [5, 5.41) is 0. The van der Waals surface area contributed by atoms with Gasteiger partial charge in [0, 0.05) is 5.69 Å². The van der Waals surface area contributed by atoms with E-state index >= 15 is 0 Å². The third kappa shape index (κ3) is 5.13. The number of H-pyrrole nitrogens is 1. The average Bonchev–Trinajstić information content (AvgIpc) is 2.80. The molecule has 2 aromatic rings. The lowest BCUT2D eigenvalue weighted by molar-refractivity contribution is -0.127. The van der Waals surface area contributed by atoms with Crippen molar-refractivity contribution in [2.45, 2.75) is 32.4 Å². The highest BCUT2D eigenvalue weighted by atomic mass is 19.4. The summed E-state index contributed by atoms with van der Waals surface area (Å²) in [5.74, 6) is 0.583. The molecule has 0 fully saturated rings. The van der Waals surface area contributed by atoms with Gasteiger partial charge in [-0.15, -0.1) is 0 Å². The highest BCUT2D eigenvalue weighted by Gasteiger charge is 2.27. The Morgan fingerprint density at radius 2 is 1.90 bits per heavy atom. The van der Waals surface area contributed by atoms with E-state index in [1.807, 2.05) is 6.92 Å². The van der Waals surface area contributed by atoms with Crippen LogP contribution in [0.1, 0.15) is 23.4 Å². The summed E-state index contributed by atoms with van der Waals surface area (Å²) in [7, 11) is 0. The minimum Gasteiger partial charge on any atom is -0.494 e. The van der Waals surface area contributed by atoms with E-state index in [0.29, 0.717) is 12.4 Å². The maximum Gasteiger partial charge on any atom is 0.393 e. The van der Waals surface area contributed by atoms with Crippen molar-refractivity contribution in [3.05, 3.63) is 47.5 Å². The number of halogens is 3. The number of aryl methyl sites for hydroxylation is 2. The molecule has 0 radical (unpaired) electrons. The number of benzene rings is 1. The van der Waals surface area contributed by atoms with E-state index in [9.17, 15) is 13.2 Å². The van der Waals surface area contributed by atoms with Crippen molar-refractivity contribution >= 4 is 0 Å². The molecule has 3 nitrogen and oxygen atoms in total. The van der Waals surface area contributed by atoms with Gasteiger partial charge in [-0.1, -0.05) is 12.1 Å². The first-order valence-corrected chi connectivity index (χ1v) is 6.71. The summed E-state index contributed by atoms with van der Waals surface area (Å²) >= 11 is 0. The lowest BCUT2D eigenvalue weighted by Crippen LogP contribution is -2.11. The third-order valence-corrected chi connectivity index (χ3v) is 3.09.